The number of nitrogens with one attached hydrogen (secondary N) is 2. The average Bonchev–Trinajstić information content (AvgIpc) is 3.40. The molecule has 0 aliphatic rings. The molecule has 2 N–H and O–H groups in total. The van der Waals surface area contributed by atoms with Crippen LogP contribution in [0, 0.1) is 0 Å². The Morgan fingerprint density at radius 2 is 1.51 bits per heavy atom. The third-order valence-electron chi connectivity index (χ3n) is 5.12. The fraction of sp³-hybridized carbons (Fsp3) is 0.231. The Balaban J connectivity index is 1.71. The van der Waals surface area contributed by atoms with Crippen molar-refractivity contribution >= 4 is 17.9 Å². The van der Waals surface area contributed by atoms with Crippen molar-refractivity contribution in [3.8, 4) is 23.0 Å². The van der Waals surface area contributed by atoms with E-state index in [0.29, 0.717) is 47.3 Å². The van der Waals surface area contributed by atoms with Crippen LogP contribution >= 0.6 is 0 Å². The van der Waals surface area contributed by atoms with Gasteiger partial charge in [-0.05, 0) is 54.4 Å². The van der Waals surface area contributed by atoms with Crippen LogP contribution in [0.1, 0.15) is 21.7 Å². The van der Waals surface area contributed by atoms with Gasteiger partial charge in [-0.2, -0.15) is 0 Å². The van der Waals surface area contributed by atoms with Crippen LogP contribution < -0.4 is 29.6 Å². The maximum absolute atomic E-state index is 12.9. The summed E-state index contributed by atoms with van der Waals surface area (Å²) in [4.78, 5) is 25.8. The van der Waals surface area contributed by atoms with Gasteiger partial charge < -0.3 is 34.0 Å². The molecule has 1 heterocycles. The van der Waals surface area contributed by atoms with Crippen LogP contribution in [0.5, 0.6) is 23.0 Å². The number of hydrogen-bond acceptors (Lipinski definition) is 7. The summed E-state index contributed by atoms with van der Waals surface area (Å²) in [6, 6.07) is 13.7. The molecule has 0 aliphatic heterocycles. The molecular formula is C26H28N2O7. The van der Waals surface area contributed by atoms with Crippen molar-refractivity contribution in [3.63, 3.8) is 0 Å². The molecule has 9 heteroatoms. The van der Waals surface area contributed by atoms with Gasteiger partial charge in [0.2, 0.25) is 0 Å². The van der Waals surface area contributed by atoms with Gasteiger partial charge in [-0.25, -0.2) is 0 Å². The molecule has 1 aromatic heterocycles. The Hall–Kier alpha value is -4.40. The number of carbonyl (C=O) groups excluding carboxylic acids is 2. The Labute approximate surface area is 203 Å². The minimum absolute atomic E-state index is 0.0343. The number of ether oxygens (including phenoxy) is 4. The van der Waals surface area contributed by atoms with Gasteiger partial charge in [0, 0.05) is 18.2 Å². The highest BCUT2D eigenvalue weighted by molar-refractivity contribution is 6.05. The summed E-state index contributed by atoms with van der Waals surface area (Å²) in [6.45, 7) is 0.329. The molecule has 0 fully saturated rings. The second-order valence-electron chi connectivity index (χ2n) is 7.29. The molecule has 0 unspecified atom stereocenters. The normalized spacial score (nSPS) is 10.9. The van der Waals surface area contributed by atoms with E-state index in [1.807, 2.05) is 18.2 Å². The number of methoxy groups -OCH3 is 4. The van der Waals surface area contributed by atoms with E-state index in [4.69, 9.17) is 23.4 Å². The fourth-order valence-corrected chi connectivity index (χ4v) is 3.30. The van der Waals surface area contributed by atoms with Crippen molar-refractivity contribution < 1.29 is 33.0 Å². The lowest BCUT2D eigenvalue weighted by atomic mass is 10.1. The topological polar surface area (TPSA) is 108 Å². The van der Waals surface area contributed by atoms with Gasteiger partial charge in [0.1, 0.15) is 11.5 Å². The van der Waals surface area contributed by atoms with Crippen LogP contribution in [-0.2, 0) is 11.2 Å². The van der Waals surface area contributed by atoms with Gasteiger partial charge in [0.25, 0.3) is 11.8 Å². The highest BCUT2D eigenvalue weighted by Gasteiger charge is 2.17. The fourth-order valence-electron chi connectivity index (χ4n) is 3.30. The van der Waals surface area contributed by atoms with Crippen LogP contribution in [0.4, 0.5) is 0 Å². The molecule has 0 bridgehead atoms. The predicted molar refractivity (Wildman–Crippen MR) is 130 cm³/mol. The molecule has 35 heavy (non-hydrogen) atoms. The molecule has 2 amide bonds. The van der Waals surface area contributed by atoms with E-state index >= 15 is 0 Å². The second kappa shape index (κ2) is 12.2. The number of hydrogen-bond donors (Lipinski definition) is 2. The van der Waals surface area contributed by atoms with Crippen LogP contribution in [0.25, 0.3) is 6.08 Å². The van der Waals surface area contributed by atoms with Gasteiger partial charge in [0.05, 0.1) is 34.7 Å². The molecule has 9 nitrogen and oxygen atoms in total. The van der Waals surface area contributed by atoms with E-state index in [0.717, 1.165) is 5.56 Å². The SMILES string of the molecule is COc1ccc(CCNC(=O)/C(=C/c2ccco2)NC(=O)c2ccc(OC)c(OC)c2)cc1OC. The Morgan fingerprint density at radius 1 is 0.857 bits per heavy atom. The van der Waals surface area contributed by atoms with Crippen molar-refractivity contribution in [3.05, 3.63) is 77.4 Å². The molecule has 0 spiro atoms. The van der Waals surface area contributed by atoms with Crippen molar-refractivity contribution in [2.24, 2.45) is 0 Å². The minimum Gasteiger partial charge on any atom is -0.493 e. The van der Waals surface area contributed by atoms with Crippen LogP contribution in [0.15, 0.2) is 64.9 Å². The molecule has 0 saturated heterocycles. The first-order valence-electron chi connectivity index (χ1n) is 10.8. The maximum Gasteiger partial charge on any atom is 0.267 e. The first-order valence-corrected chi connectivity index (χ1v) is 10.8. The quantitative estimate of drug-likeness (QED) is 0.405. The molecule has 2 aromatic carbocycles. The smallest absolute Gasteiger partial charge is 0.267 e. The van der Waals surface area contributed by atoms with E-state index in [9.17, 15) is 9.59 Å². The van der Waals surface area contributed by atoms with Gasteiger partial charge in [0.15, 0.2) is 23.0 Å². The predicted octanol–water partition coefficient (Wildman–Crippen LogP) is 3.44. The van der Waals surface area contributed by atoms with E-state index in [1.165, 1.54) is 32.6 Å². The van der Waals surface area contributed by atoms with Crippen molar-refractivity contribution in [1.82, 2.24) is 10.6 Å². The highest BCUT2D eigenvalue weighted by Crippen LogP contribution is 2.28. The summed E-state index contributed by atoms with van der Waals surface area (Å²) in [5, 5.41) is 5.49. The summed E-state index contributed by atoms with van der Waals surface area (Å²) in [6.07, 6.45) is 3.49. The van der Waals surface area contributed by atoms with E-state index < -0.39 is 11.8 Å². The van der Waals surface area contributed by atoms with Crippen molar-refractivity contribution in [2.45, 2.75) is 6.42 Å². The summed E-state index contributed by atoms with van der Waals surface area (Å²) < 4.78 is 26.4. The first-order chi connectivity index (χ1) is 17.0. The highest BCUT2D eigenvalue weighted by atomic mass is 16.5. The number of furan rings is 1. The standard InChI is InChI=1S/C26H28N2O7/c1-31-21-9-7-17(14-23(21)33-3)11-12-27-26(30)20(16-19-6-5-13-35-19)28-25(29)18-8-10-22(32-2)24(15-18)34-4/h5-10,13-16H,11-12H2,1-4H3,(H,27,30)(H,28,29)/b20-16-. The lowest BCUT2D eigenvalue weighted by molar-refractivity contribution is -0.117. The largest absolute Gasteiger partial charge is 0.493 e. The minimum atomic E-state index is -0.487. The lowest BCUT2D eigenvalue weighted by Gasteiger charge is -2.13. The monoisotopic (exact) mass is 480 g/mol. The Morgan fingerprint density at radius 3 is 2.14 bits per heavy atom. The van der Waals surface area contributed by atoms with E-state index in [-0.39, 0.29) is 5.70 Å². The molecule has 184 valence electrons. The molecule has 0 radical (unpaired) electrons. The number of amides is 2. The summed E-state index contributed by atoms with van der Waals surface area (Å²) >= 11 is 0. The van der Waals surface area contributed by atoms with Crippen molar-refractivity contribution in [2.75, 3.05) is 35.0 Å². The molecular weight excluding hydrogens is 452 g/mol. The zero-order valence-electron chi connectivity index (χ0n) is 20.0. The Kier molecular flexibility index (Phi) is 8.77. The zero-order chi connectivity index (χ0) is 25.2. The summed E-state index contributed by atoms with van der Waals surface area (Å²) in [5.74, 6) is 1.59. The Bertz CT molecular complexity index is 1190. The van der Waals surface area contributed by atoms with Gasteiger partial charge in [-0.1, -0.05) is 6.07 Å². The molecule has 3 aromatic rings. The number of rotatable bonds is 11. The maximum atomic E-state index is 12.9. The van der Waals surface area contributed by atoms with Crippen LogP contribution in [0.3, 0.4) is 0 Å². The number of carbonyl (C=O) groups is 2. The van der Waals surface area contributed by atoms with Crippen molar-refractivity contribution in [1.29, 1.82) is 0 Å². The van der Waals surface area contributed by atoms with E-state index in [1.54, 1.807) is 38.5 Å². The first kappa shape index (κ1) is 25.2. The van der Waals surface area contributed by atoms with Gasteiger partial charge in [-0.15, -0.1) is 0 Å². The lowest BCUT2D eigenvalue weighted by Crippen LogP contribution is -2.35. The summed E-state index contributed by atoms with van der Waals surface area (Å²) in [7, 11) is 6.12. The third-order valence-corrected chi connectivity index (χ3v) is 5.12. The zero-order valence-corrected chi connectivity index (χ0v) is 20.0. The molecule has 3 rings (SSSR count). The number of benzene rings is 2. The van der Waals surface area contributed by atoms with Gasteiger partial charge in [-0.3, -0.25) is 9.59 Å². The molecule has 0 atom stereocenters. The van der Waals surface area contributed by atoms with Crippen LogP contribution in [0.2, 0.25) is 0 Å². The second-order valence-corrected chi connectivity index (χ2v) is 7.29. The summed E-state index contributed by atoms with van der Waals surface area (Å²) in [5.41, 5.74) is 1.28. The van der Waals surface area contributed by atoms with E-state index in [2.05, 4.69) is 10.6 Å². The average molecular weight is 481 g/mol. The third kappa shape index (κ3) is 6.57. The molecule has 0 saturated carbocycles. The van der Waals surface area contributed by atoms with Crippen LogP contribution in [-0.4, -0.2) is 46.8 Å². The molecule has 0 aliphatic carbocycles. The van der Waals surface area contributed by atoms with Gasteiger partial charge >= 0.3 is 0 Å².